The third-order valence-electron chi connectivity index (χ3n) is 4.63. The lowest BCUT2D eigenvalue weighted by Gasteiger charge is -2.12. The molecule has 8 heteroatoms. The number of nitrogens with one attached hydrogen (secondary N) is 3. The minimum atomic E-state index is -0.340. The number of hydrogen-bond acceptors (Lipinski definition) is 4. The minimum Gasteiger partial charge on any atom is -0.484 e. The first-order valence-electron chi connectivity index (χ1n) is 9.68. The average Bonchev–Trinajstić information content (AvgIpc) is 3.10. The van der Waals surface area contributed by atoms with Gasteiger partial charge in [-0.25, -0.2) is 0 Å². The molecule has 0 aliphatic rings. The molecule has 3 amide bonds. The van der Waals surface area contributed by atoms with Crippen molar-refractivity contribution in [2.75, 3.05) is 24.4 Å². The topological polar surface area (TPSA) is 101 Å². The molecule has 0 saturated heterocycles. The Hall–Kier alpha value is -4.07. The molecule has 3 rings (SSSR count). The Morgan fingerprint density at radius 3 is 1.94 bits per heavy atom. The van der Waals surface area contributed by atoms with Gasteiger partial charge in [0, 0.05) is 35.2 Å². The number of aromatic nitrogens is 1. The maximum Gasteiger partial charge on any atom is 0.270 e. The molecule has 0 aliphatic heterocycles. The SMILES string of the molecule is CNC(=O)c1ccc(NC(=O)COc2ccc(C(=O)Nn3c(C)ccc3C)cc2)cc1. The van der Waals surface area contributed by atoms with E-state index in [2.05, 4.69) is 16.1 Å². The predicted octanol–water partition coefficient (Wildman–Crippen LogP) is 2.87. The van der Waals surface area contributed by atoms with E-state index < -0.39 is 0 Å². The van der Waals surface area contributed by atoms with Gasteiger partial charge in [-0.3, -0.25) is 24.5 Å². The van der Waals surface area contributed by atoms with Gasteiger partial charge in [-0.15, -0.1) is 0 Å². The lowest BCUT2D eigenvalue weighted by molar-refractivity contribution is -0.118. The number of rotatable bonds is 7. The van der Waals surface area contributed by atoms with E-state index in [0.717, 1.165) is 11.4 Å². The molecule has 0 radical (unpaired) electrons. The lowest BCUT2D eigenvalue weighted by Crippen LogP contribution is -2.24. The Morgan fingerprint density at radius 1 is 0.806 bits per heavy atom. The second-order valence-electron chi connectivity index (χ2n) is 6.91. The third-order valence-corrected chi connectivity index (χ3v) is 4.63. The summed E-state index contributed by atoms with van der Waals surface area (Å²) >= 11 is 0. The number of aryl methyl sites for hydroxylation is 2. The monoisotopic (exact) mass is 420 g/mol. The van der Waals surface area contributed by atoms with Crippen LogP contribution in [0.4, 0.5) is 5.69 Å². The summed E-state index contributed by atoms with van der Waals surface area (Å²) in [5.41, 5.74) is 6.23. The molecule has 2 aromatic carbocycles. The number of ether oxygens (including phenoxy) is 1. The van der Waals surface area contributed by atoms with Crippen LogP contribution in [0.25, 0.3) is 0 Å². The molecular formula is C23H24N4O4. The summed E-state index contributed by atoms with van der Waals surface area (Å²) in [6.45, 7) is 3.63. The lowest BCUT2D eigenvalue weighted by atomic mass is 10.2. The van der Waals surface area contributed by atoms with Crippen molar-refractivity contribution in [2.24, 2.45) is 0 Å². The van der Waals surface area contributed by atoms with Crippen LogP contribution >= 0.6 is 0 Å². The zero-order chi connectivity index (χ0) is 22.4. The highest BCUT2D eigenvalue weighted by Gasteiger charge is 2.10. The Morgan fingerprint density at radius 2 is 1.35 bits per heavy atom. The third kappa shape index (κ3) is 5.51. The minimum absolute atomic E-state index is 0.190. The molecule has 0 aliphatic carbocycles. The number of amides is 3. The first kappa shape index (κ1) is 21.6. The van der Waals surface area contributed by atoms with Crippen molar-refractivity contribution >= 4 is 23.4 Å². The van der Waals surface area contributed by atoms with Gasteiger partial charge < -0.3 is 15.4 Å². The van der Waals surface area contributed by atoms with Crippen molar-refractivity contribution in [1.29, 1.82) is 0 Å². The fourth-order valence-electron chi connectivity index (χ4n) is 2.91. The fraction of sp³-hybridized carbons (Fsp3) is 0.174. The largest absolute Gasteiger partial charge is 0.484 e. The summed E-state index contributed by atoms with van der Waals surface area (Å²) in [4.78, 5) is 36.1. The van der Waals surface area contributed by atoms with Gasteiger partial charge in [0.05, 0.1) is 0 Å². The summed E-state index contributed by atoms with van der Waals surface area (Å²) in [7, 11) is 1.55. The smallest absolute Gasteiger partial charge is 0.270 e. The van der Waals surface area contributed by atoms with E-state index in [1.807, 2.05) is 26.0 Å². The Labute approximate surface area is 180 Å². The normalized spacial score (nSPS) is 10.3. The summed E-state index contributed by atoms with van der Waals surface area (Å²) < 4.78 is 7.21. The van der Waals surface area contributed by atoms with E-state index in [9.17, 15) is 14.4 Å². The summed E-state index contributed by atoms with van der Waals surface area (Å²) in [6, 6.07) is 16.9. The Balaban J connectivity index is 1.51. The number of benzene rings is 2. The summed E-state index contributed by atoms with van der Waals surface area (Å²) in [5, 5.41) is 5.23. The average molecular weight is 420 g/mol. The first-order valence-corrected chi connectivity index (χ1v) is 9.68. The quantitative estimate of drug-likeness (QED) is 0.547. The molecule has 0 unspecified atom stereocenters. The molecular weight excluding hydrogens is 396 g/mol. The van der Waals surface area contributed by atoms with E-state index >= 15 is 0 Å². The van der Waals surface area contributed by atoms with Crippen molar-refractivity contribution in [3.8, 4) is 5.75 Å². The molecule has 0 bridgehead atoms. The van der Waals surface area contributed by atoms with Gasteiger partial charge in [0.1, 0.15) is 5.75 Å². The van der Waals surface area contributed by atoms with Crippen LogP contribution in [0.5, 0.6) is 5.75 Å². The van der Waals surface area contributed by atoms with E-state index in [4.69, 9.17) is 4.74 Å². The van der Waals surface area contributed by atoms with Crippen LogP contribution in [-0.2, 0) is 4.79 Å². The number of hydrogen-bond donors (Lipinski definition) is 3. The molecule has 0 fully saturated rings. The highest BCUT2D eigenvalue weighted by atomic mass is 16.5. The van der Waals surface area contributed by atoms with Crippen molar-refractivity contribution in [2.45, 2.75) is 13.8 Å². The number of carbonyl (C=O) groups excluding carboxylic acids is 3. The molecule has 3 aromatic rings. The van der Waals surface area contributed by atoms with Crippen molar-refractivity contribution < 1.29 is 19.1 Å². The maximum absolute atomic E-state index is 12.4. The second kappa shape index (κ2) is 9.62. The fourth-order valence-corrected chi connectivity index (χ4v) is 2.91. The number of anilines is 1. The standard InChI is InChI=1S/C23H24N4O4/c1-15-4-5-16(2)27(15)26-23(30)18-8-12-20(13-9-18)31-14-21(28)25-19-10-6-17(7-11-19)22(29)24-3/h4-13H,14H2,1-3H3,(H,24,29)(H,25,28)(H,26,30). The highest BCUT2D eigenvalue weighted by Crippen LogP contribution is 2.14. The molecule has 0 spiro atoms. The second-order valence-corrected chi connectivity index (χ2v) is 6.91. The van der Waals surface area contributed by atoms with Crippen molar-refractivity contribution in [3.63, 3.8) is 0 Å². The molecule has 160 valence electrons. The van der Waals surface area contributed by atoms with E-state index in [-0.39, 0.29) is 24.3 Å². The van der Waals surface area contributed by atoms with E-state index in [1.165, 1.54) is 0 Å². The first-order chi connectivity index (χ1) is 14.9. The van der Waals surface area contributed by atoms with Gasteiger partial charge in [-0.1, -0.05) is 0 Å². The predicted molar refractivity (Wildman–Crippen MR) is 118 cm³/mol. The summed E-state index contributed by atoms with van der Waals surface area (Å²) in [5.74, 6) is -0.313. The van der Waals surface area contributed by atoms with Crippen LogP contribution in [-0.4, -0.2) is 36.1 Å². The van der Waals surface area contributed by atoms with Crippen LogP contribution in [0.1, 0.15) is 32.1 Å². The van der Waals surface area contributed by atoms with Gasteiger partial charge in [-0.05, 0) is 74.5 Å². The van der Waals surface area contributed by atoms with Crippen molar-refractivity contribution in [3.05, 3.63) is 83.2 Å². The van der Waals surface area contributed by atoms with Gasteiger partial charge in [0.15, 0.2) is 6.61 Å². The molecule has 8 nitrogen and oxygen atoms in total. The molecule has 0 saturated carbocycles. The summed E-state index contributed by atoms with van der Waals surface area (Å²) in [6.07, 6.45) is 0. The molecule has 1 heterocycles. The van der Waals surface area contributed by atoms with Crippen LogP contribution in [0.15, 0.2) is 60.7 Å². The highest BCUT2D eigenvalue weighted by molar-refractivity contribution is 6.00. The van der Waals surface area contributed by atoms with Gasteiger partial charge in [0.25, 0.3) is 17.7 Å². The van der Waals surface area contributed by atoms with E-state index in [1.54, 1.807) is 60.3 Å². The molecule has 0 atom stereocenters. The zero-order valence-electron chi connectivity index (χ0n) is 17.6. The maximum atomic E-state index is 12.4. The van der Waals surface area contributed by atoms with Crippen molar-refractivity contribution in [1.82, 2.24) is 9.99 Å². The van der Waals surface area contributed by atoms with Crippen LogP contribution in [0.2, 0.25) is 0 Å². The van der Waals surface area contributed by atoms with Gasteiger partial charge in [0.2, 0.25) is 0 Å². The van der Waals surface area contributed by atoms with Gasteiger partial charge >= 0.3 is 0 Å². The number of nitrogens with zero attached hydrogens (tertiary/aromatic N) is 1. The van der Waals surface area contributed by atoms with E-state index in [0.29, 0.717) is 22.6 Å². The van der Waals surface area contributed by atoms with Crippen LogP contribution in [0, 0.1) is 13.8 Å². The molecule has 3 N–H and O–H groups in total. The zero-order valence-corrected chi connectivity index (χ0v) is 17.6. The van der Waals surface area contributed by atoms with Crippen LogP contribution < -0.4 is 20.8 Å². The Bertz CT molecular complexity index is 1070. The number of carbonyl (C=O) groups is 3. The van der Waals surface area contributed by atoms with Crippen LogP contribution in [0.3, 0.4) is 0 Å². The Kier molecular flexibility index (Phi) is 6.71. The van der Waals surface area contributed by atoms with Gasteiger partial charge in [-0.2, -0.15) is 0 Å². The molecule has 31 heavy (non-hydrogen) atoms. The molecule has 1 aromatic heterocycles.